The molecule has 0 N–H and O–H groups in total. The highest BCUT2D eigenvalue weighted by molar-refractivity contribution is 7.15. The molecule has 0 aliphatic carbocycles. The van der Waals surface area contributed by atoms with E-state index in [0.29, 0.717) is 21.7 Å². The lowest BCUT2D eigenvalue weighted by Crippen LogP contribution is -2.29. The van der Waals surface area contributed by atoms with Crippen LogP contribution >= 0.6 is 11.3 Å². The molecule has 132 valence electrons. The summed E-state index contributed by atoms with van der Waals surface area (Å²) >= 11 is 1.31. The molecule has 0 saturated heterocycles. The third-order valence-electron chi connectivity index (χ3n) is 4.61. The molecule has 0 saturated carbocycles. The van der Waals surface area contributed by atoms with Crippen molar-refractivity contribution in [3.05, 3.63) is 86.7 Å². The van der Waals surface area contributed by atoms with Crippen LogP contribution < -0.4 is 10.3 Å². The molecule has 3 heterocycles. The summed E-state index contributed by atoms with van der Waals surface area (Å²) in [6, 6.07) is 15.8. The minimum absolute atomic E-state index is 0.0698. The molecule has 2 aromatic heterocycles. The van der Waals surface area contributed by atoms with Crippen LogP contribution in [0, 0.1) is 6.92 Å². The summed E-state index contributed by atoms with van der Waals surface area (Å²) in [5, 5.41) is 9.81. The van der Waals surface area contributed by atoms with Gasteiger partial charge in [-0.15, -0.1) is 10.2 Å². The number of anilines is 1. The van der Waals surface area contributed by atoms with Gasteiger partial charge in [0, 0.05) is 0 Å². The Morgan fingerprint density at radius 2 is 1.74 bits per heavy atom. The fourth-order valence-corrected chi connectivity index (χ4v) is 4.17. The highest BCUT2D eigenvalue weighted by Gasteiger charge is 2.44. The maximum absolute atomic E-state index is 13.3. The van der Waals surface area contributed by atoms with E-state index in [1.165, 1.54) is 16.2 Å². The van der Waals surface area contributed by atoms with Crippen LogP contribution in [0.15, 0.2) is 63.8 Å². The number of rotatable bonds is 2. The summed E-state index contributed by atoms with van der Waals surface area (Å²) in [5.74, 6) is -0.307. The Bertz CT molecular complexity index is 1250. The largest absolute Gasteiger partial charge is 0.450 e. The van der Waals surface area contributed by atoms with E-state index in [2.05, 4.69) is 10.2 Å². The molecule has 0 spiro atoms. The van der Waals surface area contributed by atoms with Crippen molar-refractivity contribution in [3.63, 3.8) is 0 Å². The smallest absolute Gasteiger partial charge is 0.297 e. The van der Waals surface area contributed by atoms with Crippen LogP contribution in [-0.4, -0.2) is 16.1 Å². The van der Waals surface area contributed by atoms with Crippen molar-refractivity contribution in [3.8, 4) is 0 Å². The molecule has 0 fully saturated rings. The van der Waals surface area contributed by atoms with Gasteiger partial charge in [0.15, 0.2) is 5.43 Å². The summed E-state index contributed by atoms with van der Waals surface area (Å²) in [7, 11) is 0. The van der Waals surface area contributed by atoms with E-state index in [4.69, 9.17) is 4.42 Å². The molecule has 0 radical (unpaired) electrons. The average Bonchev–Trinajstić information content (AvgIpc) is 3.24. The topological polar surface area (TPSA) is 76.3 Å². The molecule has 7 heteroatoms. The first kappa shape index (κ1) is 15.9. The number of para-hydroxylation sites is 1. The molecule has 1 aliphatic rings. The predicted octanol–water partition coefficient (Wildman–Crippen LogP) is 3.70. The molecule has 27 heavy (non-hydrogen) atoms. The van der Waals surface area contributed by atoms with E-state index < -0.39 is 6.04 Å². The van der Waals surface area contributed by atoms with Crippen molar-refractivity contribution in [2.24, 2.45) is 0 Å². The van der Waals surface area contributed by atoms with Crippen molar-refractivity contribution in [2.45, 2.75) is 13.0 Å². The average molecular weight is 375 g/mol. The fourth-order valence-electron chi connectivity index (χ4n) is 3.45. The maximum atomic E-state index is 13.3. The number of hydrogen-bond donors (Lipinski definition) is 0. The minimum Gasteiger partial charge on any atom is -0.450 e. The zero-order valence-electron chi connectivity index (χ0n) is 14.2. The first-order chi connectivity index (χ1) is 13.1. The van der Waals surface area contributed by atoms with Gasteiger partial charge in [-0.3, -0.25) is 14.5 Å². The lowest BCUT2D eigenvalue weighted by atomic mass is 9.99. The standard InChI is InChI=1S/C20H13N3O3S/c1-11-21-22-20(27-11)23-16(12-7-3-2-4-8-12)15-17(24)13-9-5-6-10-14(13)26-18(15)19(23)25/h2-10,16H,1H3/t16-/m1/s1. The number of carbonyl (C=O) groups excluding carboxylic acids is 1. The van der Waals surface area contributed by atoms with E-state index in [-0.39, 0.29) is 17.1 Å². The highest BCUT2D eigenvalue weighted by atomic mass is 32.1. The second-order valence-electron chi connectivity index (χ2n) is 6.26. The van der Waals surface area contributed by atoms with Gasteiger partial charge < -0.3 is 4.42 Å². The Morgan fingerprint density at radius 3 is 2.48 bits per heavy atom. The molecule has 1 aliphatic heterocycles. The van der Waals surface area contributed by atoms with Crippen LogP contribution in [0.5, 0.6) is 0 Å². The highest BCUT2D eigenvalue weighted by Crippen LogP contribution is 2.41. The van der Waals surface area contributed by atoms with Gasteiger partial charge in [0.05, 0.1) is 17.0 Å². The van der Waals surface area contributed by atoms with E-state index in [1.54, 1.807) is 24.3 Å². The number of benzene rings is 2. The Kier molecular flexibility index (Phi) is 3.45. The van der Waals surface area contributed by atoms with Gasteiger partial charge in [0.1, 0.15) is 10.6 Å². The molecular weight excluding hydrogens is 362 g/mol. The molecule has 0 bridgehead atoms. The molecule has 5 rings (SSSR count). The molecule has 1 amide bonds. The number of hydrogen-bond acceptors (Lipinski definition) is 6. The molecular formula is C20H13N3O3S. The van der Waals surface area contributed by atoms with Crippen molar-refractivity contribution < 1.29 is 9.21 Å². The number of amides is 1. The second kappa shape index (κ2) is 5.85. The van der Waals surface area contributed by atoms with Crippen LogP contribution in [0.2, 0.25) is 0 Å². The fraction of sp³-hybridized carbons (Fsp3) is 0.100. The molecule has 0 unspecified atom stereocenters. The first-order valence-electron chi connectivity index (χ1n) is 8.39. The van der Waals surface area contributed by atoms with Crippen LogP contribution in [0.4, 0.5) is 5.13 Å². The van der Waals surface area contributed by atoms with E-state index >= 15 is 0 Å². The lowest BCUT2D eigenvalue weighted by molar-refractivity contribution is 0.0970. The van der Waals surface area contributed by atoms with Gasteiger partial charge in [0.25, 0.3) is 5.91 Å². The normalized spacial score (nSPS) is 16.1. The molecule has 6 nitrogen and oxygen atoms in total. The minimum atomic E-state index is -0.595. The molecule has 1 atom stereocenters. The van der Waals surface area contributed by atoms with Crippen LogP contribution in [0.3, 0.4) is 0 Å². The van der Waals surface area contributed by atoms with Crippen LogP contribution in [-0.2, 0) is 0 Å². The van der Waals surface area contributed by atoms with Gasteiger partial charge >= 0.3 is 0 Å². The second-order valence-corrected chi connectivity index (χ2v) is 7.42. The van der Waals surface area contributed by atoms with Crippen molar-refractivity contribution >= 4 is 33.3 Å². The van der Waals surface area contributed by atoms with Gasteiger partial charge in [0.2, 0.25) is 10.9 Å². The Labute approximate surface area is 157 Å². The van der Waals surface area contributed by atoms with Gasteiger partial charge in [-0.1, -0.05) is 53.8 Å². The van der Waals surface area contributed by atoms with E-state index in [0.717, 1.165) is 10.6 Å². The van der Waals surface area contributed by atoms with Crippen LogP contribution in [0.1, 0.15) is 32.7 Å². The summed E-state index contributed by atoms with van der Waals surface area (Å²) < 4.78 is 5.87. The summed E-state index contributed by atoms with van der Waals surface area (Å²) in [6.07, 6.45) is 0. The lowest BCUT2D eigenvalue weighted by Gasteiger charge is -2.21. The monoisotopic (exact) mass is 375 g/mol. The zero-order chi connectivity index (χ0) is 18.5. The number of aromatic nitrogens is 2. The molecule has 2 aromatic carbocycles. The zero-order valence-corrected chi connectivity index (χ0v) is 15.1. The van der Waals surface area contributed by atoms with Crippen molar-refractivity contribution in [1.82, 2.24) is 10.2 Å². The van der Waals surface area contributed by atoms with Crippen molar-refractivity contribution in [1.29, 1.82) is 0 Å². The van der Waals surface area contributed by atoms with Crippen LogP contribution in [0.25, 0.3) is 11.0 Å². The Hall–Kier alpha value is -3.32. The number of fused-ring (bicyclic) bond motifs is 2. The van der Waals surface area contributed by atoms with E-state index in [9.17, 15) is 9.59 Å². The van der Waals surface area contributed by atoms with Gasteiger partial charge in [-0.2, -0.15) is 0 Å². The SMILES string of the molecule is Cc1nnc(N2C(=O)c3oc4ccccc4c(=O)c3[C@H]2c2ccccc2)s1. The Morgan fingerprint density at radius 1 is 1.00 bits per heavy atom. The number of carbonyl (C=O) groups is 1. The third kappa shape index (κ3) is 2.32. The van der Waals surface area contributed by atoms with Gasteiger partial charge in [-0.25, -0.2) is 0 Å². The summed E-state index contributed by atoms with van der Waals surface area (Å²) in [4.78, 5) is 28.0. The molecule has 4 aromatic rings. The summed E-state index contributed by atoms with van der Waals surface area (Å²) in [6.45, 7) is 1.82. The Balaban J connectivity index is 1.84. The maximum Gasteiger partial charge on any atom is 0.297 e. The first-order valence-corrected chi connectivity index (χ1v) is 9.21. The summed E-state index contributed by atoms with van der Waals surface area (Å²) in [5.41, 5.74) is 1.37. The van der Waals surface area contributed by atoms with Gasteiger partial charge in [-0.05, 0) is 24.6 Å². The third-order valence-corrected chi connectivity index (χ3v) is 5.45. The number of nitrogens with zero attached hydrogens (tertiary/aromatic N) is 3. The number of aryl methyl sites for hydroxylation is 1. The quantitative estimate of drug-likeness (QED) is 0.534. The predicted molar refractivity (Wildman–Crippen MR) is 102 cm³/mol. The van der Waals surface area contributed by atoms with Crippen molar-refractivity contribution in [2.75, 3.05) is 4.90 Å². The van der Waals surface area contributed by atoms with E-state index in [1.807, 2.05) is 37.3 Å².